The zero-order valence-electron chi connectivity index (χ0n) is 20.5. The van der Waals surface area contributed by atoms with Gasteiger partial charge in [-0.3, -0.25) is 14.5 Å². The molecular formula is C27H24INO7S2. The molecule has 4 rings (SSSR count). The van der Waals surface area contributed by atoms with Crippen molar-refractivity contribution in [1.29, 1.82) is 0 Å². The molecule has 2 amide bonds. The number of hydrogen-bond acceptors (Lipinski definition) is 8. The van der Waals surface area contributed by atoms with Gasteiger partial charge in [-0.15, -0.1) is 0 Å². The first kappa shape index (κ1) is 28.0. The molecule has 0 saturated carbocycles. The van der Waals surface area contributed by atoms with Crippen LogP contribution < -0.4 is 13.7 Å². The summed E-state index contributed by atoms with van der Waals surface area (Å²) in [6, 6.07) is 18.7. The Morgan fingerprint density at radius 2 is 1.71 bits per heavy atom. The highest BCUT2D eigenvalue weighted by molar-refractivity contribution is 14.1. The molecule has 3 aromatic rings. The average Bonchev–Trinajstić information content (AvgIpc) is 3.14. The molecule has 1 saturated heterocycles. The summed E-state index contributed by atoms with van der Waals surface area (Å²) in [7, 11) is -4.10. The summed E-state index contributed by atoms with van der Waals surface area (Å²) in [6.45, 7) is 4.17. The zero-order valence-corrected chi connectivity index (χ0v) is 24.3. The quantitative estimate of drug-likeness (QED) is 0.151. The van der Waals surface area contributed by atoms with Crippen molar-refractivity contribution in [2.75, 3.05) is 19.8 Å². The number of carbonyl (C=O) groups excluding carboxylic acids is 2. The minimum absolute atomic E-state index is 0.0235. The molecule has 0 N–H and O–H groups in total. The van der Waals surface area contributed by atoms with Gasteiger partial charge in [0.1, 0.15) is 17.3 Å². The molecule has 8 nitrogen and oxygen atoms in total. The third kappa shape index (κ3) is 6.69. The van der Waals surface area contributed by atoms with Gasteiger partial charge in [0.25, 0.3) is 11.1 Å². The van der Waals surface area contributed by atoms with Crippen molar-refractivity contribution in [2.24, 2.45) is 0 Å². The second-order valence-corrected chi connectivity index (χ2v) is 11.8. The van der Waals surface area contributed by atoms with Crippen LogP contribution in [0.15, 0.2) is 76.5 Å². The highest BCUT2D eigenvalue weighted by atomic mass is 127. The summed E-state index contributed by atoms with van der Waals surface area (Å²) in [5, 5.41) is -0.387. The summed E-state index contributed by atoms with van der Waals surface area (Å²) in [5.41, 5.74) is 1.48. The van der Waals surface area contributed by atoms with E-state index >= 15 is 0 Å². The maximum absolute atomic E-state index is 12.9. The molecule has 0 aliphatic carbocycles. The SMILES string of the molecule is CCOc1cc(/C=C2\SC(=O)N(CCOc3ccccc3)C2=O)cc(I)c1OS(=O)(=O)c1ccc(C)cc1. The minimum atomic E-state index is -4.10. The van der Waals surface area contributed by atoms with Crippen LogP contribution in [-0.2, 0) is 14.9 Å². The lowest BCUT2D eigenvalue weighted by atomic mass is 10.2. The van der Waals surface area contributed by atoms with E-state index in [9.17, 15) is 18.0 Å². The number of ether oxygens (including phenoxy) is 2. The predicted molar refractivity (Wildman–Crippen MR) is 154 cm³/mol. The van der Waals surface area contributed by atoms with Crippen molar-refractivity contribution in [3.05, 3.63) is 86.3 Å². The van der Waals surface area contributed by atoms with Gasteiger partial charge >= 0.3 is 10.1 Å². The van der Waals surface area contributed by atoms with Crippen LogP contribution in [0.3, 0.4) is 0 Å². The maximum Gasteiger partial charge on any atom is 0.339 e. The van der Waals surface area contributed by atoms with E-state index in [0.717, 1.165) is 22.2 Å². The van der Waals surface area contributed by atoms with Crippen LogP contribution in [0.4, 0.5) is 4.79 Å². The van der Waals surface area contributed by atoms with Crippen LogP contribution in [0, 0.1) is 10.5 Å². The number of nitrogens with zero attached hydrogens (tertiary/aromatic N) is 1. The van der Waals surface area contributed by atoms with E-state index in [2.05, 4.69) is 0 Å². The van der Waals surface area contributed by atoms with E-state index in [4.69, 9.17) is 13.7 Å². The fraction of sp³-hybridized carbons (Fsp3) is 0.185. The fourth-order valence-electron chi connectivity index (χ4n) is 3.49. The molecule has 0 spiro atoms. The Morgan fingerprint density at radius 3 is 2.39 bits per heavy atom. The van der Waals surface area contributed by atoms with Crippen molar-refractivity contribution in [2.45, 2.75) is 18.7 Å². The summed E-state index contributed by atoms with van der Waals surface area (Å²) in [5.74, 6) is 0.486. The number of benzene rings is 3. The molecule has 11 heteroatoms. The van der Waals surface area contributed by atoms with Crippen LogP contribution in [0.2, 0.25) is 0 Å². The van der Waals surface area contributed by atoms with Gasteiger partial charge in [-0.05, 0) is 96.2 Å². The van der Waals surface area contributed by atoms with Gasteiger partial charge in [-0.2, -0.15) is 8.42 Å². The van der Waals surface area contributed by atoms with Gasteiger partial charge in [0.15, 0.2) is 11.5 Å². The number of imide groups is 1. The summed E-state index contributed by atoms with van der Waals surface area (Å²) < 4.78 is 43.0. The molecule has 0 aromatic heterocycles. The number of hydrogen-bond donors (Lipinski definition) is 0. The minimum Gasteiger partial charge on any atom is -0.492 e. The van der Waals surface area contributed by atoms with E-state index in [0.29, 0.717) is 14.9 Å². The molecule has 0 radical (unpaired) electrons. The first-order chi connectivity index (χ1) is 18.2. The van der Waals surface area contributed by atoms with Gasteiger partial charge < -0.3 is 13.7 Å². The first-order valence-electron chi connectivity index (χ1n) is 11.6. The number of halogens is 1. The Kier molecular flexibility index (Phi) is 9.00. The molecule has 1 aliphatic heterocycles. The zero-order chi connectivity index (χ0) is 27.3. The number of rotatable bonds is 10. The van der Waals surface area contributed by atoms with Gasteiger partial charge in [0.2, 0.25) is 0 Å². The van der Waals surface area contributed by atoms with E-state index in [1.54, 1.807) is 49.4 Å². The number of para-hydroxylation sites is 1. The Morgan fingerprint density at radius 1 is 1.00 bits per heavy atom. The molecule has 198 valence electrons. The molecule has 0 bridgehead atoms. The molecule has 0 atom stereocenters. The summed E-state index contributed by atoms with van der Waals surface area (Å²) in [4.78, 5) is 26.8. The van der Waals surface area contributed by atoms with Crippen molar-refractivity contribution >= 4 is 61.7 Å². The number of thioether (sulfide) groups is 1. The van der Waals surface area contributed by atoms with Crippen LogP contribution >= 0.6 is 34.4 Å². The highest BCUT2D eigenvalue weighted by Crippen LogP contribution is 2.38. The van der Waals surface area contributed by atoms with Crippen molar-refractivity contribution in [3.63, 3.8) is 0 Å². The fourth-order valence-corrected chi connectivity index (χ4v) is 6.20. The number of amides is 2. The lowest BCUT2D eigenvalue weighted by Crippen LogP contribution is -2.32. The smallest absolute Gasteiger partial charge is 0.339 e. The van der Waals surface area contributed by atoms with E-state index in [-0.39, 0.29) is 46.3 Å². The van der Waals surface area contributed by atoms with Crippen molar-refractivity contribution < 1.29 is 31.7 Å². The third-order valence-electron chi connectivity index (χ3n) is 5.33. The second-order valence-electron chi connectivity index (χ2n) is 8.11. The van der Waals surface area contributed by atoms with Gasteiger partial charge in [0.05, 0.1) is 21.6 Å². The third-order valence-corrected chi connectivity index (χ3v) is 8.28. The number of aryl methyl sites for hydroxylation is 1. The molecule has 38 heavy (non-hydrogen) atoms. The molecule has 0 unspecified atom stereocenters. The van der Waals surface area contributed by atoms with Gasteiger partial charge in [-0.1, -0.05) is 35.9 Å². The molecule has 3 aromatic carbocycles. The van der Waals surface area contributed by atoms with Crippen LogP contribution in [0.25, 0.3) is 6.08 Å². The van der Waals surface area contributed by atoms with Crippen molar-refractivity contribution in [3.8, 4) is 17.2 Å². The average molecular weight is 666 g/mol. The van der Waals surface area contributed by atoms with E-state index in [1.165, 1.54) is 12.1 Å². The van der Waals surface area contributed by atoms with E-state index in [1.807, 2.05) is 47.7 Å². The largest absolute Gasteiger partial charge is 0.492 e. The standard InChI is InChI=1S/C27H24INO7S2/c1-3-34-23-16-19(15-22(28)25(23)36-38(32,33)21-11-9-18(2)10-12-21)17-24-26(30)29(27(31)37-24)13-14-35-20-7-5-4-6-8-20/h4-12,15-17H,3,13-14H2,1-2H3/b24-17-. The predicted octanol–water partition coefficient (Wildman–Crippen LogP) is 5.88. The lowest BCUT2D eigenvalue weighted by Gasteiger charge is -2.15. The molecule has 1 aliphatic rings. The normalized spacial score (nSPS) is 14.7. The second kappa shape index (κ2) is 12.2. The Labute approximate surface area is 239 Å². The topological polar surface area (TPSA) is 99.2 Å². The molecule has 1 fully saturated rings. The van der Waals surface area contributed by atoms with Crippen LogP contribution in [-0.4, -0.2) is 44.2 Å². The lowest BCUT2D eigenvalue weighted by molar-refractivity contribution is -0.123. The van der Waals surface area contributed by atoms with Crippen molar-refractivity contribution in [1.82, 2.24) is 4.90 Å². The van der Waals surface area contributed by atoms with Crippen LogP contribution in [0.1, 0.15) is 18.1 Å². The molecular weight excluding hydrogens is 641 g/mol. The highest BCUT2D eigenvalue weighted by Gasteiger charge is 2.35. The Hall–Kier alpha value is -3.03. The van der Waals surface area contributed by atoms with Gasteiger partial charge in [0, 0.05) is 0 Å². The van der Waals surface area contributed by atoms with Crippen LogP contribution in [0.5, 0.6) is 17.2 Å². The monoisotopic (exact) mass is 665 g/mol. The van der Waals surface area contributed by atoms with E-state index < -0.39 is 16.0 Å². The van der Waals surface area contributed by atoms with Gasteiger partial charge in [-0.25, -0.2) is 0 Å². The maximum atomic E-state index is 12.9. The Bertz CT molecular complexity index is 1470. The molecule has 1 heterocycles. The Balaban J connectivity index is 1.53. The summed E-state index contributed by atoms with van der Waals surface area (Å²) in [6.07, 6.45) is 1.58. The number of carbonyl (C=O) groups is 2. The summed E-state index contributed by atoms with van der Waals surface area (Å²) >= 11 is 2.79. The first-order valence-corrected chi connectivity index (χ1v) is 14.9.